The molecular formula is C19H21ClN2O4S. The lowest BCUT2D eigenvalue weighted by Crippen LogP contribution is -2.31. The van der Waals surface area contributed by atoms with E-state index in [1.807, 2.05) is 0 Å². The zero-order valence-electron chi connectivity index (χ0n) is 15.1. The summed E-state index contributed by atoms with van der Waals surface area (Å²) in [5, 5.41) is 0.601. The number of carbonyl (C=O) groups is 1. The van der Waals surface area contributed by atoms with Crippen molar-refractivity contribution >= 4 is 33.2 Å². The molecule has 144 valence electrons. The van der Waals surface area contributed by atoms with Crippen LogP contribution in [0.15, 0.2) is 47.4 Å². The summed E-state index contributed by atoms with van der Waals surface area (Å²) in [5.41, 5.74) is 1.51. The van der Waals surface area contributed by atoms with Crippen LogP contribution >= 0.6 is 11.6 Å². The lowest BCUT2D eigenvalue weighted by Gasteiger charge is -2.17. The molecule has 27 heavy (non-hydrogen) atoms. The summed E-state index contributed by atoms with van der Waals surface area (Å²) in [5.74, 6) is 0.512. The van der Waals surface area contributed by atoms with E-state index in [1.54, 1.807) is 48.2 Å². The quantitative estimate of drug-likeness (QED) is 0.797. The lowest BCUT2D eigenvalue weighted by molar-refractivity contribution is -0.117. The second-order valence-electron chi connectivity index (χ2n) is 6.53. The van der Waals surface area contributed by atoms with E-state index in [4.69, 9.17) is 16.3 Å². The molecule has 1 aliphatic heterocycles. The Morgan fingerprint density at radius 3 is 2.56 bits per heavy atom. The molecule has 0 unspecified atom stereocenters. The molecule has 0 aromatic heterocycles. The van der Waals surface area contributed by atoms with Gasteiger partial charge in [0.25, 0.3) is 0 Å². The SMILES string of the molecule is COc1ccc(S(=O)(=O)NC[C@H]2CC(=O)N(c3ccc(Cl)cc3)C2)cc1C. The largest absolute Gasteiger partial charge is 0.496 e. The minimum atomic E-state index is -3.65. The second kappa shape index (κ2) is 7.88. The normalized spacial score (nSPS) is 17.4. The molecule has 2 aromatic carbocycles. The van der Waals surface area contributed by atoms with Crippen molar-refractivity contribution in [2.45, 2.75) is 18.2 Å². The van der Waals surface area contributed by atoms with E-state index in [-0.39, 0.29) is 23.3 Å². The van der Waals surface area contributed by atoms with Crippen LogP contribution in [-0.4, -0.2) is 34.5 Å². The molecule has 1 aliphatic rings. The molecule has 0 spiro atoms. The van der Waals surface area contributed by atoms with Crippen molar-refractivity contribution in [3.8, 4) is 5.75 Å². The molecule has 1 saturated heterocycles. The van der Waals surface area contributed by atoms with E-state index in [9.17, 15) is 13.2 Å². The minimum Gasteiger partial charge on any atom is -0.496 e. The number of sulfonamides is 1. The number of nitrogens with one attached hydrogen (secondary N) is 1. The van der Waals surface area contributed by atoms with Gasteiger partial charge in [0, 0.05) is 30.2 Å². The van der Waals surface area contributed by atoms with E-state index in [1.165, 1.54) is 13.2 Å². The maximum absolute atomic E-state index is 12.5. The lowest BCUT2D eigenvalue weighted by atomic mass is 10.1. The number of ether oxygens (including phenoxy) is 1. The summed E-state index contributed by atoms with van der Waals surface area (Å²) in [4.78, 5) is 14.1. The van der Waals surface area contributed by atoms with Gasteiger partial charge in [0.15, 0.2) is 0 Å². The Labute approximate surface area is 164 Å². The average molecular weight is 409 g/mol. The Morgan fingerprint density at radius 2 is 1.93 bits per heavy atom. The molecule has 1 N–H and O–H groups in total. The third kappa shape index (κ3) is 4.43. The van der Waals surface area contributed by atoms with Crippen LogP contribution in [0.3, 0.4) is 0 Å². The maximum atomic E-state index is 12.5. The van der Waals surface area contributed by atoms with Crippen molar-refractivity contribution in [1.82, 2.24) is 4.72 Å². The van der Waals surface area contributed by atoms with Crippen LogP contribution in [-0.2, 0) is 14.8 Å². The van der Waals surface area contributed by atoms with Gasteiger partial charge < -0.3 is 9.64 Å². The number of methoxy groups -OCH3 is 1. The third-order valence-corrected chi connectivity index (χ3v) is 6.26. The number of amides is 1. The van der Waals surface area contributed by atoms with Crippen LogP contribution in [0, 0.1) is 12.8 Å². The molecule has 0 radical (unpaired) electrons. The number of rotatable bonds is 6. The molecule has 0 saturated carbocycles. The smallest absolute Gasteiger partial charge is 0.240 e. The second-order valence-corrected chi connectivity index (χ2v) is 8.74. The Hall–Kier alpha value is -2.09. The zero-order chi connectivity index (χ0) is 19.6. The van der Waals surface area contributed by atoms with Gasteiger partial charge in [-0.2, -0.15) is 0 Å². The van der Waals surface area contributed by atoms with E-state index in [2.05, 4.69) is 4.72 Å². The monoisotopic (exact) mass is 408 g/mol. The van der Waals surface area contributed by atoms with Gasteiger partial charge in [-0.1, -0.05) is 11.6 Å². The van der Waals surface area contributed by atoms with Crippen LogP contribution in [0.4, 0.5) is 5.69 Å². The van der Waals surface area contributed by atoms with Gasteiger partial charge >= 0.3 is 0 Å². The highest BCUT2D eigenvalue weighted by atomic mass is 35.5. The van der Waals surface area contributed by atoms with Crippen LogP contribution in [0.2, 0.25) is 5.02 Å². The molecule has 3 rings (SSSR count). The maximum Gasteiger partial charge on any atom is 0.240 e. The van der Waals surface area contributed by atoms with Crippen molar-refractivity contribution in [2.24, 2.45) is 5.92 Å². The molecule has 1 fully saturated rings. The molecule has 0 bridgehead atoms. The number of benzene rings is 2. The third-order valence-electron chi connectivity index (χ3n) is 4.58. The number of nitrogens with zero attached hydrogens (tertiary/aromatic N) is 1. The van der Waals surface area contributed by atoms with Crippen molar-refractivity contribution in [3.05, 3.63) is 53.1 Å². The summed E-state index contributed by atoms with van der Waals surface area (Å²) < 4.78 is 32.9. The fourth-order valence-corrected chi connectivity index (χ4v) is 4.44. The molecule has 1 atom stereocenters. The summed E-state index contributed by atoms with van der Waals surface area (Å²) >= 11 is 5.88. The molecule has 8 heteroatoms. The first-order valence-corrected chi connectivity index (χ1v) is 10.4. The van der Waals surface area contributed by atoms with E-state index >= 15 is 0 Å². The van der Waals surface area contributed by atoms with Gasteiger partial charge in [-0.15, -0.1) is 0 Å². The number of anilines is 1. The summed E-state index contributed by atoms with van der Waals surface area (Å²) in [6.45, 7) is 2.45. The predicted octanol–water partition coefficient (Wildman–Crippen LogP) is 2.99. The topological polar surface area (TPSA) is 75.7 Å². The molecular weight excluding hydrogens is 388 g/mol. The molecule has 0 aliphatic carbocycles. The fraction of sp³-hybridized carbons (Fsp3) is 0.316. The van der Waals surface area contributed by atoms with E-state index < -0.39 is 10.0 Å². The highest BCUT2D eigenvalue weighted by Gasteiger charge is 2.31. The van der Waals surface area contributed by atoms with Gasteiger partial charge in [0.1, 0.15) is 5.75 Å². The number of carbonyl (C=O) groups excluding carboxylic acids is 1. The average Bonchev–Trinajstić information content (AvgIpc) is 3.01. The number of halogens is 1. The highest BCUT2D eigenvalue weighted by molar-refractivity contribution is 7.89. The predicted molar refractivity (Wildman–Crippen MR) is 105 cm³/mol. The number of hydrogen-bond donors (Lipinski definition) is 1. The van der Waals surface area contributed by atoms with Crippen LogP contribution in [0.5, 0.6) is 5.75 Å². The first-order valence-electron chi connectivity index (χ1n) is 8.50. The van der Waals surface area contributed by atoms with Crippen molar-refractivity contribution in [2.75, 3.05) is 25.1 Å². The van der Waals surface area contributed by atoms with Crippen LogP contribution in [0.25, 0.3) is 0 Å². The van der Waals surface area contributed by atoms with Crippen LogP contribution in [0.1, 0.15) is 12.0 Å². The first kappa shape index (κ1) is 19.7. The van der Waals surface area contributed by atoms with Crippen LogP contribution < -0.4 is 14.4 Å². The Balaban J connectivity index is 1.65. The number of aryl methyl sites for hydroxylation is 1. The minimum absolute atomic E-state index is 0.0261. The summed E-state index contributed by atoms with van der Waals surface area (Å²) in [7, 11) is -2.11. The molecule has 1 heterocycles. The van der Waals surface area contributed by atoms with Crippen molar-refractivity contribution in [1.29, 1.82) is 0 Å². The Bertz CT molecular complexity index is 945. The van der Waals surface area contributed by atoms with Crippen molar-refractivity contribution < 1.29 is 17.9 Å². The molecule has 6 nitrogen and oxygen atoms in total. The van der Waals surface area contributed by atoms with Gasteiger partial charge in [-0.05, 0) is 60.9 Å². The number of hydrogen-bond acceptors (Lipinski definition) is 4. The molecule has 2 aromatic rings. The highest BCUT2D eigenvalue weighted by Crippen LogP contribution is 2.26. The van der Waals surface area contributed by atoms with E-state index in [0.29, 0.717) is 23.7 Å². The summed E-state index contributed by atoms with van der Waals surface area (Å²) in [6.07, 6.45) is 0.298. The Morgan fingerprint density at radius 1 is 1.22 bits per heavy atom. The van der Waals surface area contributed by atoms with Crippen molar-refractivity contribution in [3.63, 3.8) is 0 Å². The van der Waals surface area contributed by atoms with Gasteiger partial charge in [0.2, 0.25) is 15.9 Å². The fourth-order valence-electron chi connectivity index (χ4n) is 3.12. The van der Waals surface area contributed by atoms with Gasteiger partial charge in [-0.25, -0.2) is 13.1 Å². The summed E-state index contributed by atoms with van der Waals surface area (Å²) in [6, 6.07) is 11.7. The Kier molecular flexibility index (Phi) is 5.74. The standard InChI is InChI=1S/C19H21ClN2O4S/c1-13-9-17(7-8-18(13)26-2)27(24,25)21-11-14-10-19(23)22(12-14)16-5-3-15(20)4-6-16/h3-9,14,21H,10-12H2,1-2H3/t14-/m1/s1. The first-order chi connectivity index (χ1) is 12.8. The molecule has 1 amide bonds. The zero-order valence-corrected chi connectivity index (χ0v) is 16.7. The van der Waals surface area contributed by atoms with Gasteiger partial charge in [0.05, 0.1) is 12.0 Å². The van der Waals surface area contributed by atoms with E-state index in [0.717, 1.165) is 11.3 Å². The van der Waals surface area contributed by atoms with Gasteiger partial charge in [-0.3, -0.25) is 4.79 Å².